The SMILES string of the molecule is O=C1c2ccccc2C(O)N1CSc1cccc(Cl)c1. The number of amides is 1. The van der Waals surface area contributed by atoms with Gasteiger partial charge in [-0.25, -0.2) is 0 Å². The van der Waals surface area contributed by atoms with Gasteiger partial charge in [-0.2, -0.15) is 0 Å². The van der Waals surface area contributed by atoms with Crippen LogP contribution in [0.1, 0.15) is 22.1 Å². The minimum Gasteiger partial charge on any atom is -0.369 e. The summed E-state index contributed by atoms with van der Waals surface area (Å²) in [5.41, 5.74) is 1.25. The zero-order chi connectivity index (χ0) is 14.1. The average Bonchev–Trinajstić information content (AvgIpc) is 2.70. The molecule has 0 saturated heterocycles. The first-order valence-corrected chi connectivity index (χ1v) is 7.49. The van der Waals surface area contributed by atoms with Crippen LogP contribution in [0.3, 0.4) is 0 Å². The Kier molecular flexibility index (Phi) is 3.70. The fraction of sp³-hybridized carbons (Fsp3) is 0.133. The average molecular weight is 306 g/mol. The van der Waals surface area contributed by atoms with E-state index in [0.717, 1.165) is 4.90 Å². The summed E-state index contributed by atoms with van der Waals surface area (Å²) in [6, 6.07) is 14.6. The molecule has 0 bridgehead atoms. The van der Waals surface area contributed by atoms with E-state index < -0.39 is 6.23 Å². The number of rotatable bonds is 3. The summed E-state index contributed by atoms with van der Waals surface area (Å²) in [6.45, 7) is 0. The molecule has 5 heteroatoms. The molecule has 102 valence electrons. The highest BCUT2D eigenvalue weighted by Gasteiger charge is 2.34. The number of nitrogens with zero attached hydrogens (tertiary/aromatic N) is 1. The fourth-order valence-electron chi connectivity index (χ4n) is 2.18. The van der Waals surface area contributed by atoms with E-state index in [0.29, 0.717) is 22.0 Å². The van der Waals surface area contributed by atoms with E-state index in [1.165, 1.54) is 16.7 Å². The number of aliphatic hydroxyl groups excluding tert-OH is 1. The van der Waals surface area contributed by atoms with Gasteiger partial charge in [-0.3, -0.25) is 9.69 Å². The third-order valence-electron chi connectivity index (χ3n) is 3.19. The normalized spacial score (nSPS) is 17.4. The van der Waals surface area contributed by atoms with E-state index in [4.69, 9.17) is 11.6 Å². The molecule has 1 aliphatic rings. The smallest absolute Gasteiger partial charge is 0.257 e. The lowest BCUT2D eigenvalue weighted by Gasteiger charge is -2.20. The largest absolute Gasteiger partial charge is 0.369 e. The maximum Gasteiger partial charge on any atom is 0.257 e. The predicted octanol–water partition coefficient (Wildman–Crippen LogP) is 3.54. The van der Waals surface area contributed by atoms with Gasteiger partial charge in [-0.1, -0.05) is 35.9 Å². The molecule has 1 amide bonds. The molecular weight excluding hydrogens is 294 g/mol. The molecule has 1 heterocycles. The highest BCUT2D eigenvalue weighted by atomic mass is 35.5. The molecule has 3 rings (SSSR count). The number of aliphatic hydroxyl groups is 1. The summed E-state index contributed by atoms with van der Waals surface area (Å²) >= 11 is 7.40. The minimum absolute atomic E-state index is 0.136. The Morgan fingerprint density at radius 2 is 2.00 bits per heavy atom. The van der Waals surface area contributed by atoms with Crippen molar-refractivity contribution in [2.45, 2.75) is 11.1 Å². The van der Waals surface area contributed by atoms with Crippen molar-refractivity contribution in [3.63, 3.8) is 0 Å². The van der Waals surface area contributed by atoms with Crippen molar-refractivity contribution in [2.75, 3.05) is 5.88 Å². The molecular formula is C15H12ClNO2S. The number of hydrogen-bond acceptors (Lipinski definition) is 3. The molecule has 0 fully saturated rings. The Morgan fingerprint density at radius 3 is 2.75 bits per heavy atom. The third kappa shape index (κ3) is 2.42. The third-order valence-corrected chi connectivity index (χ3v) is 4.42. The van der Waals surface area contributed by atoms with E-state index in [1.54, 1.807) is 24.3 Å². The molecule has 0 spiro atoms. The van der Waals surface area contributed by atoms with E-state index in [1.807, 2.05) is 24.3 Å². The maximum absolute atomic E-state index is 12.2. The molecule has 0 aliphatic carbocycles. The minimum atomic E-state index is -0.870. The second kappa shape index (κ2) is 5.48. The first kappa shape index (κ1) is 13.5. The van der Waals surface area contributed by atoms with E-state index in [2.05, 4.69) is 0 Å². The van der Waals surface area contributed by atoms with Gasteiger partial charge in [0.2, 0.25) is 0 Å². The van der Waals surface area contributed by atoms with Crippen LogP contribution in [0.4, 0.5) is 0 Å². The Labute approximate surface area is 126 Å². The van der Waals surface area contributed by atoms with Crippen LogP contribution in [0.25, 0.3) is 0 Å². The van der Waals surface area contributed by atoms with Crippen molar-refractivity contribution >= 4 is 29.3 Å². The van der Waals surface area contributed by atoms with Crippen LogP contribution < -0.4 is 0 Å². The quantitative estimate of drug-likeness (QED) is 0.882. The van der Waals surface area contributed by atoms with Gasteiger partial charge in [0.05, 0.1) is 5.88 Å². The summed E-state index contributed by atoms with van der Waals surface area (Å²) in [6.07, 6.45) is -0.870. The van der Waals surface area contributed by atoms with Gasteiger partial charge in [-0.15, -0.1) is 11.8 Å². The van der Waals surface area contributed by atoms with Crippen LogP contribution in [-0.4, -0.2) is 21.8 Å². The molecule has 20 heavy (non-hydrogen) atoms. The van der Waals surface area contributed by atoms with Crippen LogP contribution in [0.5, 0.6) is 0 Å². The van der Waals surface area contributed by atoms with E-state index in [-0.39, 0.29) is 5.91 Å². The Bertz CT molecular complexity index is 662. The zero-order valence-electron chi connectivity index (χ0n) is 10.5. The topological polar surface area (TPSA) is 40.5 Å². The summed E-state index contributed by atoms with van der Waals surface area (Å²) < 4.78 is 0. The van der Waals surface area contributed by atoms with Gasteiger partial charge in [0.25, 0.3) is 5.91 Å². The van der Waals surface area contributed by atoms with Crippen molar-refractivity contribution in [1.82, 2.24) is 4.90 Å². The molecule has 1 atom stereocenters. The molecule has 0 aromatic heterocycles. The summed E-state index contributed by atoms with van der Waals surface area (Å²) in [5, 5.41) is 10.9. The fourth-order valence-corrected chi connectivity index (χ4v) is 3.37. The highest BCUT2D eigenvalue weighted by Crippen LogP contribution is 2.34. The van der Waals surface area contributed by atoms with Crippen LogP contribution in [0, 0.1) is 0 Å². The summed E-state index contributed by atoms with van der Waals surface area (Å²) in [5.74, 6) is 0.247. The Balaban J connectivity index is 1.75. The molecule has 1 aliphatic heterocycles. The molecule has 3 nitrogen and oxygen atoms in total. The lowest BCUT2D eigenvalue weighted by molar-refractivity contribution is 0.0271. The van der Waals surface area contributed by atoms with Crippen LogP contribution in [-0.2, 0) is 0 Å². The monoisotopic (exact) mass is 305 g/mol. The van der Waals surface area contributed by atoms with Crippen molar-refractivity contribution in [3.05, 3.63) is 64.7 Å². The molecule has 1 unspecified atom stereocenters. The predicted molar refractivity (Wildman–Crippen MR) is 79.7 cm³/mol. The first-order chi connectivity index (χ1) is 9.66. The zero-order valence-corrected chi connectivity index (χ0v) is 12.1. The molecule has 2 aromatic carbocycles. The summed E-state index contributed by atoms with van der Waals surface area (Å²) in [4.78, 5) is 14.6. The van der Waals surface area contributed by atoms with Crippen molar-refractivity contribution < 1.29 is 9.90 Å². The van der Waals surface area contributed by atoms with Crippen molar-refractivity contribution in [1.29, 1.82) is 0 Å². The van der Waals surface area contributed by atoms with Crippen LogP contribution in [0.2, 0.25) is 5.02 Å². The van der Waals surface area contributed by atoms with Crippen LogP contribution in [0.15, 0.2) is 53.4 Å². The lowest BCUT2D eigenvalue weighted by Crippen LogP contribution is -2.27. The Hall–Kier alpha value is -1.49. The number of fused-ring (bicyclic) bond motifs is 1. The molecule has 0 radical (unpaired) electrons. The van der Waals surface area contributed by atoms with Gasteiger partial charge in [0.15, 0.2) is 6.23 Å². The lowest BCUT2D eigenvalue weighted by atomic mass is 10.1. The highest BCUT2D eigenvalue weighted by molar-refractivity contribution is 7.99. The van der Waals surface area contributed by atoms with Gasteiger partial charge < -0.3 is 5.11 Å². The van der Waals surface area contributed by atoms with Crippen LogP contribution >= 0.6 is 23.4 Å². The maximum atomic E-state index is 12.2. The second-order valence-electron chi connectivity index (χ2n) is 4.47. The first-order valence-electron chi connectivity index (χ1n) is 6.13. The number of benzene rings is 2. The van der Waals surface area contributed by atoms with E-state index in [9.17, 15) is 9.90 Å². The standard InChI is InChI=1S/C15H12ClNO2S/c16-10-4-3-5-11(8-10)20-9-17-14(18)12-6-1-2-7-13(12)15(17)19/h1-8,14,18H,9H2. The van der Waals surface area contributed by atoms with Gasteiger partial charge in [0, 0.05) is 21.0 Å². The van der Waals surface area contributed by atoms with Crippen molar-refractivity contribution in [3.8, 4) is 0 Å². The van der Waals surface area contributed by atoms with Gasteiger partial charge >= 0.3 is 0 Å². The van der Waals surface area contributed by atoms with Gasteiger partial charge in [-0.05, 0) is 24.3 Å². The van der Waals surface area contributed by atoms with E-state index >= 15 is 0 Å². The number of carbonyl (C=O) groups is 1. The second-order valence-corrected chi connectivity index (χ2v) is 5.92. The number of carbonyl (C=O) groups excluding carboxylic acids is 1. The van der Waals surface area contributed by atoms with Gasteiger partial charge in [0.1, 0.15) is 0 Å². The molecule has 2 aromatic rings. The Morgan fingerprint density at radius 1 is 1.20 bits per heavy atom. The number of halogens is 1. The summed E-state index contributed by atoms with van der Waals surface area (Å²) in [7, 11) is 0. The molecule has 0 saturated carbocycles. The molecule has 1 N–H and O–H groups in total. The number of thioether (sulfide) groups is 1. The number of hydrogen-bond donors (Lipinski definition) is 1. The van der Waals surface area contributed by atoms with Crippen molar-refractivity contribution in [2.24, 2.45) is 0 Å².